The van der Waals surface area contributed by atoms with Crippen molar-refractivity contribution in [3.05, 3.63) is 78.6 Å². The topological polar surface area (TPSA) is 37.8 Å². The zero-order chi connectivity index (χ0) is 14.8. The molecule has 0 saturated carbocycles. The summed E-state index contributed by atoms with van der Waals surface area (Å²) in [5.74, 6) is 0.652. The lowest BCUT2D eigenvalue weighted by molar-refractivity contribution is 1.07. The van der Waals surface area contributed by atoms with Gasteiger partial charge in [0, 0.05) is 18.9 Å². The van der Waals surface area contributed by atoms with E-state index in [1.165, 1.54) is 27.1 Å². The van der Waals surface area contributed by atoms with Gasteiger partial charge in [-0.25, -0.2) is 9.97 Å². The van der Waals surface area contributed by atoms with E-state index in [-0.39, 0.29) is 0 Å². The van der Waals surface area contributed by atoms with Gasteiger partial charge in [0.15, 0.2) is 0 Å². The average Bonchev–Trinajstić information content (AvgIpc) is 2.59. The van der Waals surface area contributed by atoms with Crippen LogP contribution >= 0.6 is 0 Å². The maximum Gasteiger partial charge on any atom is 0.222 e. The lowest BCUT2D eigenvalue weighted by Gasteiger charge is -2.12. The second-order valence-electron chi connectivity index (χ2n) is 5.22. The van der Waals surface area contributed by atoms with E-state index in [4.69, 9.17) is 0 Å². The van der Waals surface area contributed by atoms with Gasteiger partial charge < -0.3 is 5.32 Å². The summed E-state index contributed by atoms with van der Waals surface area (Å²) >= 11 is 0. The summed E-state index contributed by atoms with van der Waals surface area (Å²) in [6.45, 7) is 0.700. The summed E-state index contributed by atoms with van der Waals surface area (Å²) in [4.78, 5) is 8.46. The Bertz CT molecular complexity index is 879. The van der Waals surface area contributed by atoms with Crippen LogP contribution in [-0.2, 0) is 6.54 Å². The molecule has 0 aliphatic carbocycles. The Morgan fingerprint density at radius 3 is 1.95 bits per heavy atom. The molecule has 3 aromatic carbocycles. The van der Waals surface area contributed by atoms with Crippen molar-refractivity contribution in [2.24, 2.45) is 0 Å². The molecule has 1 aromatic heterocycles. The highest BCUT2D eigenvalue weighted by Crippen LogP contribution is 2.28. The number of hydrogen-bond acceptors (Lipinski definition) is 3. The van der Waals surface area contributed by atoms with Gasteiger partial charge in [0.05, 0.1) is 0 Å². The first-order chi connectivity index (χ1) is 10.9. The molecule has 0 bridgehead atoms. The Labute approximate surface area is 128 Å². The second-order valence-corrected chi connectivity index (χ2v) is 5.22. The van der Waals surface area contributed by atoms with Gasteiger partial charge in [-0.05, 0) is 39.2 Å². The predicted octanol–water partition coefficient (Wildman–Crippen LogP) is 4.40. The molecule has 1 heterocycles. The molecule has 0 aliphatic rings. The van der Waals surface area contributed by atoms with Gasteiger partial charge >= 0.3 is 0 Å². The van der Waals surface area contributed by atoms with Gasteiger partial charge in [0.1, 0.15) is 0 Å². The quantitative estimate of drug-likeness (QED) is 0.567. The SMILES string of the molecule is c1cnc(NCc2c3ccccc3cc3ccccc23)nc1. The van der Waals surface area contributed by atoms with Crippen LogP contribution in [0.3, 0.4) is 0 Å². The van der Waals surface area contributed by atoms with E-state index in [9.17, 15) is 0 Å². The molecular weight excluding hydrogens is 270 g/mol. The van der Waals surface area contributed by atoms with Crippen LogP contribution in [0.1, 0.15) is 5.56 Å². The molecular formula is C19H15N3. The lowest BCUT2D eigenvalue weighted by atomic mass is 9.97. The molecule has 1 N–H and O–H groups in total. The Morgan fingerprint density at radius 2 is 1.32 bits per heavy atom. The molecule has 0 fully saturated rings. The number of rotatable bonds is 3. The van der Waals surface area contributed by atoms with Gasteiger partial charge in [-0.3, -0.25) is 0 Å². The largest absolute Gasteiger partial charge is 0.350 e. The van der Waals surface area contributed by atoms with Crippen molar-refractivity contribution < 1.29 is 0 Å². The number of benzene rings is 3. The van der Waals surface area contributed by atoms with Crippen molar-refractivity contribution >= 4 is 27.5 Å². The van der Waals surface area contributed by atoms with Gasteiger partial charge in [-0.15, -0.1) is 0 Å². The predicted molar refractivity (Wildman–Crippen MR) is 90.8 cm³/mol. The number of hydrogen-bond donors (Lipinski definition) is 1. The average molecular weight is 285 g/mol. The van der Waals surface area contributed by atoms with Crippen LogP contribution in [0.5, 0.6) is 0 Å². The highest BCUT2D eigenvalue weighted by molar-refractivity contribution is 6.02. The Balaban J connectivity index is 1.85. The van der Waals surface area contributed by atoms with Crippen molar-refractivity contribution in [2.45, 2.75) is 6.54 Å². The number of aromatic nitrogens is 2. The molecule has 0 amide bonds. The van der Waals surface area contributed by atoms with Gasteiger partial charge in [0.2, 0.25) is 5.95 Å². The number of fused-ring (bicyclic) bond motifs is 2. The number of nitrogens with one attached hydrogen (secondary N) is 1. The van der Waals surface area contributed by atoms with Crippen molar-refractivity contribution in [1.82, 2.24) is 9.97 Å². The van der Waals surface area contributed by atoms with E-state index in [0.717, 1.165) is 0 Å². The fraction of sp³-hybridized carbons (Fsp3) is 0.0526. The molecule has 0 atom stereocenters. The van der Waals surface area contributed by atoms with Crippen LogP contribution in [0, 0.1) is 0 Å². The lowest BCUT2D eigenvalue weighted by Crippen LogP contribution is -2.04. The summed E-state index contributed by atoms with van der Waals surface area (Å²) in [7, 11) is 0. The normalized spacial score (nSPS) is 10.9. The van der Waals surface area contributed by atoms with Crippen molar-refractivity contribution in [1.29, 1.82) is 0 Å². The van der Waals surface area contributed by atoms with E-state index < -0.39 is 0 Å². The molecule has 4 aromatic rings. The van der Waals surface area contributed by atoms with E-state index in [1.54, 1.807) is 12.4 Å². The molecule has 22 heavy (non-hydrogen) atoms. The molecule has 3 nitrogen and oxygen atoms in total. The van der Waals surface area contributed by atoms with Crippen molar-refractivity contribution in [3.8, 4) is 0 Å². The third-order valence-electron chi connectivity index (χ3n) is 3.87. The van der Waals surface area contributed by atoms with Gasteiger partial charge in [-0.1, -0.05) is 48.5 Å². The zero-order valence-corrected chi connectivity index (χ0v) is 12.0. The van der Waals surface area contributed by atoms with E-state index in [0.29, 0.717) is 12.5 Å². The van der Waals surface area contributed by atoms with E-state index in [2.05, 4.69) is 69.9 Å². The fourth-order valence-electron chi connectivity index (χ4n) is 2.86. The Kier molecular flexibility index (Phi) is 3.16. The van der Waals surface area contributed by atoms with Crippen molar-refractivity contribution in [2.75, 3.05) is 5.32 Å². The maximum absolute atomic E-state index is 4.23. The summed E-state index contributed by atoms with van der Waals surface area (Å²) < 4.78 is 0. The Morgan fingerprint density at radius 1 is 0.727 bits per heavy atom. The fourth-order valence-corrected chi connectivity index (χ4v) is 2.86. The minimum atomic E-state index is 0.652. The summed E-state index contributed by atoms with van der Waals surface area (Å²) in [6, 6.07) is 21.0. The second kappa shape index (κ2) is 5.45. The molecule has 0 saturated heterocycles. The molecule has 0 spiro atoms. The molecule has 0 unspecified atom stereocenters. The van der Waals surface area contributed by atoms with Gasteiger partial charge in [0.25, 0.3) is 0 Å². The highest BCUT2D eigenvalue weighted by Gasteiger charge is 2.07. The molecule has 0 aliphatic heterocycles. The number of nitrogens with zero attached hydrogens (tertiary/aromatic N) is 2. The highest BCUT2D eigenvalue weighted by atomic mass is 15.1. The first-order valence-corrected chi connectivity index (χ1v) is 7.32. The minimum absolute atomic E-state index is 0.652. The van der Waals surface area contributed by atoms with E-state index >= 15 is 0 Å². The molecule has 106 valence electrons. The third kappa shape index (κ3) is 2.27. The van der Waals surface area contributed by atoms with Crippen LogP contribution in [0.15, 0.2) is 73.1 Å². The third-order valence-corrected chi connectivity index (χ3v) is 3.87. The van der Waals surface area contributed by atoms with Crippen LogP contribution in [-0.4, -0.2) is 9.97 Å². The smallest absolute Gasteiger partial charge is 0.222 e. The first kappa shape index (κ1) is 12.8. The minimum Gasteiger partial charge on any atom is -0.350 e. The summed E-state index contributed by atoms with van der Waals surface area (Å²) in [5.41, 5.74) is 1.28. The van der Waals surface area contributed by atoms with Gasteiger partial charge in [-0.2, -0.15) is 0 Å². The molecule has 0 radical (unpaired) electrons. The van der Waals surface area contributed by atoms with E-state index in [1.807, 2.05) is 6.07 Å². The monoisotopic (exact) mass is 285 g/mol. The zero-order valence-electron chi connectivity index (χ0n) is 12.0. The van der Waals surface area contributed by atoms with Crippen LogP contribution in [0.2, 0.25) is 0 Å². The summed E-state index contributed by atoms with van der Waals surface area (Å²) in [5, 5.41) is 8.37. The molecule has 4 rings (SSSR count). The first-order valence-electron chi connectivity index (χ1n) is 7.32. The standard InChI is InChI=1S/C19H15N3/c1-3-8-16-14(6-1)12-15-7-2-4-9-17(15)18(16)13-22-19-20-10-5-11-21-19/h1-12H,13H2,(H,20,21,22). The molecule has 3 heteroatoms. The van der Waals surface area contributed by atoms with Crippen LogP contribution in [0.25, 0.3) is 21.5 Å². The Hall–Kier alpha value is -2.94. The summed E-state index contributed by atoms with van der Waals surface area (Å²) in [6.07, 6.45) is 3.49. The van der Waals surface area contributed by atoms with Crippen LogP contribution < -0.4 is 5.32 Å². The maximum atomic E-state index is 4.23. The number of anilines is 1. The van der Waals surface area contributed by atoms with Crippen molar-refractivity contribution in [3.63, 3.8) is 0 Å². The van der Waals surface area contributed by atoms with Crippen LogP contribution in [0.4, 0.5) is 5.95 Å².